The zero-order valence-corrected chi connectivity index (χ0v) is 20.9. The highest BCUT2D eigenvalue weighted by Gasteiger charge is 2.45. The summed E-state index contributed by atoms with van der Waals surface area (Å²) in [4.78, 5) is 35.3. The Bertz CT molecular complexity index is 1190. The first-order valence-electron chi connectivity index (χ1n) is 11.1. The van der Waals surface area contributed by atoms with E-state index >= 15 is 0 Å². The van der Waals surface area contributed by atoms with E-state index in [1.165, 1.54) is 7.11 Å². The van der Waals surface area contributed by atoms with Crippen molar-refractivity contribution in [2.75, 3.05) is 13.7 Å². The number of benzene rings is 2. The van der Waals surface area contributed by atoms with Gasteiger partial charge in [0.25, 0.3) is 0 Å². The second kappa shape index (κ2) is 9.17. The van der Waals surface area contributed by atoms with E-state index in [1.807, 2.05) is 37.9 Å². The summed E-state index contributed by atoms with van der Waals surface area (Å²) in [6, 6.07) is 11.8. The number of halogens is 1. The van der Waals surface area contributed by atoms with Gasteiger partial charge in [-0.05, 0) is 54.7 Å². The molecule has 1 aromatic heterocycles. The van der Waals surface area contributed by atoms with Gasteiger partial charge in [0.2, 0.25) is 5.91 Å². The van der Waals surface area contributed by atoms with Crippen molar-refractivity contribution in [3.8, 4) is 11.3 Å². The normalized spacial score (nSPS) is 19.2. The van der Waals surface area contributed by atoms with Crippen LogP contribution in [0, 0.1) is 5.92 Å². The molecule has 1 aliphatic rings. The highest BCUT2D eigenvalue weighted by atomic mass is 79.9. The Morgan fingerprint density at radius 3 is 2.67 bits per heavy atom. The van der Waals surface area contributed by atoms with Gasteiger partial charge >= 0.3 is 6.09 Å². The first-order chi connectivity index (χ1) is 15.7. The van der Waals surface area contributed by atoms with Crippen molar-refractivity contribution in [2.45, 2.75) is 45.2 Å². The van der Waals surface area contributed by atoms with E-state index in [4.69, 9.17) is 4.74 Å². The molecule has 0 spiro atoms. The fourth-order valence-electron chi connectivity index (χ4n) is 4.56. The molecule has 33 heavy (non-hydrogen) atoms. The van der Waals surface area contributed by atoms with Crippen molar-refractivity contribution in [3.05, 3.63) is 52.9 Å². The predicted molar refractivity (Wildman–Crippen MR) is 132 cm³/mol. The summed E-state index contributed by atoms with van der Waals surface area (Å²) in [5.74, 6) is 0.552. The molecule has 0 unspecified atom stereocenters. The Hall–Kier alpha value is -2.87. The zero-order chi connectivity index (χ0) is 23.8. The lowest BCUT2D eigenvalue weighted by Gasteiger charge is -2.37. The van der Waals surface area contributed by atoms with Gasteiger partial charge in [-0.1, -0.05) is 48.0 Å². The molecule has 2 atom stereocenters. The minimum atomic E-state index is -0.663. The number of aromatic nitrogens is 2. The third-order valence-corrected chi connectivity index (χ3v) is 6.99. The Kier molecular flexibility index (Phi) is 6.47. The number of fused-ring (bicyclic) bond motifs is 1. The molecule has 0 aliphatic carbocycles. The number of hydrogen-bond donors (Lipinski definition) is 2. The molecule has 0 bridgehead atoms. The zero-order valence-electron chi connectivity index (χ0n) is 19.3. The van der Waals surface area contributed by atoms with E-state index in [0.717, 1.165) is 45.2 Å². The fourth-order valence-corrected chi connectivity index (χ4v) is 4.93. The van der Waals surface area contributed by atoms with E-state index in [-0.39, 0.29) is 11.8 Å². The van der Waals surface area contributed by atoms with Crippen LogP contribution in [0.25, 0.3) is 22.0 Å². The maximum Gasteiger partial charge on any atom is 0.407 e. The third-order valence-electron chi connectivity index (χ3n) is 6.50. The van der Waals surface area contributed by atoms with Crippen LogP contribution < -0.4 is 5.32 Å². The first kappa shape index (κ1) is 23.3. The van der Waals surface area contributed by atoms with Crippen LogP contribution >= 0.6 is 15.9 Å². The molecule has 2 heterocycles. The van der Waals surface area contributed by atoms with Crippen molar-refractivity contribution in [2.24, 2.45) is 5.92 Å². The van der Waals surface area contributed by atoms with E-state index in [1.54, 1.807) is 0 Å². The molecule has 1 aliphatic heterocycles. The lowest BCUT2D eigenvalue weighted by molar-refractivity contribution is -0.138. The largest absolute Gasteiger partial charge is 0.453 e. The van der Waals surface area contributed by atoms with Gasteiger partial charge in [-0.2, -0.15) is 0 Å². The molecule has 2 N–H and O–H groups in total. The van der Waals surface area contributed by atoms with Crippen LogP contribution in [0.15, 0.2) is 47.1 Å². The highest BCUT2D eigenvalue weighted by Crippen LogP contribution is 2.39. The number of rotatable bonds is 5. The van der Waals surface area contributed by atoms with Crippen LogP contribution in [0.4, 0.5) is 4.79 Å². The van der Waals surface area contributed by atoms with Gasteiger partial charge in [0.1, 0.15) is 11.9 Å². The SMILES string of the molecule is COC(=O)N[C@H](C(=O)N1CCC[C@@]1(C)c1ncc(-c2ccc3cc(Br)ccc3c2)[nH]1)C(C)C. The molecular weight excluding hydrogens is 484 g/mol. The molecule has 7 nitrogen and oxygen atoms in total. The number of methoxy groups -OCH3 is 1. The van der Waals surface area contributed by atoms with E-state index < -0.39 is 17.7 Å². The average Bonchev–Trinajstić information content (AvgIpc) is 3.44. The van der Waals surface area contributed by atoms with Crippen LogP contribution in [0.3, 0.4) is 0 Å². The van der Waals surface area contributed by atoms with Gasteiger partial charge in [-0.3, -0.25) is 4.79 Å². The minimum Gasteiger partial charge on any atom is -0.453 e. The maximum atomic E-state index is 13.5. The van der Waals surface area contributed by atoms with Gasteiger partial charge in [-0.25, -0.2) is 9.78 Å². The van der Waals surface area contributed by atoms with E-state index in [9.17, 15) is 9.59 Å². The second-order valence-electron chi connectivity index (χ2n) is 9.08. The number of amides is 2. The summed E-state index contributed by atoms with van der Waals surface area (Å²) in [7, 11) is 1.30. The van der Waals surface area contributed by atoms with Gasteiger partial charge in [-0.15, -0.1) is 0 Å². The Labute approximate surface area is 202 Å². The highest BCUT2D eigenvalue weighted by molar-refractivity contribution is 9.10. The maximum absolute atomic E-state index is 13.5. The first-order valence-corrected chi connectivity index (χ1v) is 11.9. The smallest absolute Gasteiger partial charge is 0.407 e. The monoisotopic (exact) mass is 512 g/mol. The van der Waals surface area contributed by atoms with Crippen molar-refractivity contribution in [1.29, 1.82) is 0 Å². The molecule has 1 fully saturated rings. The van der Waals surface area contributed by atoms with E-state index in [0.29, 0.717) is 6.54 Å². The number of nitrogens with zero attached hydrogens (tertiary/aromatic N) is 2. The van der Waals surface area contributed by atoms with Crippen LogP contribution in [-0.2, 0) is 15.1 Å². The number of carbonyl (C=O) groups is 2. The number of carbonyl (C=O) groups excluding carboxylic acids is 2. The number of hydrogen-bond acceptors (Lipinski definition) is 4. The lowest BCUT2D eigenvalue weighted by Crippen LogP contribution is -2.55. The van der Waals surface area contributed by atoms with Crippen molar-refractivity contribution in [1.82, 2.24) is 20.2 Å². The summed E-state index contributed by atoms with van der Waals surface area (Å²) in [5, 5.41) is 5.00. The summed E-state index contributed by atoms with van der Waals surface area (Å²) in [6.07, 6.45) is 2.88. The lowest BCUT2D eigenvalue weighted by atomic mass is 9.95. The number of imidazole rings is 1. The Morgan fingerprint density at radius 2 is 1.94 bits per heavy atom. The molecule has 2 amide bonds. The number of aromatic amines is 1. The van der Waals surface area contributed by atoms with Crippen LogP contribution in [0.5, 0.6) is 0 Å². The number of nitrogens with one attached hydrogen (secondary N) is 2. The Morgan fingerprint density at radius 1 is 1.21 bits per heavy atom. The summed E-state index contributed by atoms with van der Waals surface area (Å²) in [5.41, 5.74) is 1.36. The fraction of sp³-hybridized carbons (Fsp3) is 0.400. The minimum absolute atomic E-state index is 0.0775. The molecule has 0 saturated carbocycles. The van der Waals surface area contributed by atoms with Gasteiger partial charge in [0.05, 0.1) is 24.5 Å². The third kappa shape index (κ3) is 4.49. The number of ether oxygens (including phenoxy) is 1. The molecular formula is C25H29BrN4O3. The predicted octanol–water partition coefficient (Wildman–Crippen LogP) is 5.21. The molecule has 8 heteroatoms. The van der Waals surface area contributed by atoms with Crippen molar-refractivity contribution < 1.29 is 14.3 Å². The number of alkyl carbamates (subject to hydrolysis) is 1. The van der Waals surface area contributed by atoms with Crippen molar-refractivity contribution in [3.63, 3.8) is 0 Å². The summed E-state index contributed by atoms with van der Waals surface area (Å²) < 4.78 is 5.78. The topological polar surface area (TPSA) is 87.3 Å². The molecule has 3 aromatic rings. The standard InChI is InChI=1S/C25H29BrN4O3/c1-15(2)21(29-24(32)33-4)22(31)30-11-5-10-25(30,3)23-27-14-20(28-23)18-7-6-17-13-19(26)9-8-16(17)12-18/h6-9,12-15,21H,5,10-11H2,1-4H3,(H,27,28)(H,29,32)/t21-,25-/m0/s1. The number of likely N-dealkylation sites (tertiary alicyclic amines) is 1. The van der Waals surface area contributed by atoms with Gasteiger partial charge < -0.3 is 19.9 Å². The van der Waals surface area contributed by atoms with Crippen LogP contribution in [0.2, 0.25) is 0 Å². The average molecular weight is 513 g/mol. The number of H-pyrrole nitrogens is 1. The summed E-state index contributed by atoms with van der Waals surface area (Å²) in [6.45, 7) is 6.47. The van der Waals surface area contributed by atoms with Crippen LogP contribution in [0.1, 0.15) is 39.4 Å². The molecule has 0 radical (unpaired) electrons. The van der Waals surface area contributed by atoms with Gasteiger partial charge in [0, 0.05) is 16.6 Å². The molecule has 1 saturated heterocycles. The second-order valence-corrected chi connectivity index (χ2v) is 9.99. The quantitative estimate of drug-likeness (QED) is 0.491. The Balaban J connectivity index is 1.62. The summed E-state index contributed by atoms with van der Waals surface area (Å²) >= 11 is 3.52. The molecule has 4 rings (SSSR count). The molecule has 174 valence electrons. The van der Waals surface area contributed by atoms with Crippen molar-refractivity contribution >= 4 is 38.7 Å². The van der Waals surface area contributed by atoms with E-state index in [2.05, 4.69) is 61.5 Å². The van der Waals surface area contributed by atoms with Crippen LogP contribution in [-0.4, -0.2) is 46.6 Å². The molecule has 2 aromatic carbocycles. The van der Waals surface area contributed by atoms with Gasteiger partial charge in [0.15, 0.2) is 0 Å².